The molecule has 0 spiro atoms. The number of ketones is 1. The van der Waals surface area contributed by atoms with Crippen LogP contribution in [0, 0.1) is 0 Å². The molecule has 1 aliphatic heterocycles. The number of hydrogen-bond acceptors (Lipinski definition) is 4. The number of fused-ring (bicyclic) bond motifs is 1. The molecule has 210 valence electrons. The molecule has 1 aliphatic rings. The van der Waals surface area contributed by atoms with Crippen LogP contribution in [-0.2, 0) is 15.0 Å². The van der Waals surface area contributed by atoms with Crippen LogP contribution in [0.3, 0.4) is 0 Å². The molecule has 4 aromatic rings. The van der Waals surface area contributed by atoms with Crippen LogP contribution in [0.4, 0.5) is 5.69 Å². The zero-order valence-corrected chi connectivity index (χ0v) is 24.2. The van der Waals surface area contributed by atoms with Crippen LogP contribution < -0.4 is 9.64 Å². The summed E-state index contributed by atoms with van der Waals surface area (Å²) in [5.74, 6) is -0.874. The monoisotopic (exact) mass is 547 g/mol. The molecular formula is C36H37NO4. The molecule has 1 amide bonds. The number of aliphatic hydroxyl groups excluding tert-OH is 1. The third-order valence-corrected chi connectivity index (χ3v) is 7.71. The van der Waals surface area contributed by atoms with E-state index in [0.29, 0.717) is 23.6 Å². The highest BCUT2D eigenvalue weighted by Gasteiger charge is 2.47. The van der Waals surface area contributed by atoms with Gasteiger partial charge >= 0.3 is 0 Å². The van der Waals surface area contributed by atoms with Gasteiger partial charge in [-0.3, -0.25) is 14.5 Å². The summed E-state index contributed by atoms with van der Waals surface area (Å²) in [5, 5.41) is 13.4. The molecule has 5 rings (SSSR count). The van der Waals surface area contributed by atoms with E-state index >= 15 is 0 Å². The van der Waals surface area contributed by atoms with Crippen molar-refractivity contribution in [1.82, 2.24) is 0 Å². The summed E-state index contributed by atoms with van der Waals surface area (Å²) in [7, 11) is 0. The first-order chi connectivity index (χ1) is 19.7. The minimum Gasteiger partial charge on any atom is -0.507 e. The average Bonchev–Trinajstić information content (AvgIpc) is 3.24. The molecule has 1 heterocycles. The fourth-order valence-electron chi connectivity index (χ4n) is 5.39. The summed E-state index contributed by atoms with van der Waals surface area (Å²) in [4.78, 5) is 29.0. The average molecular weight is 548 g/mol. The molecule has 0 aliphatic carbocycles. The van der Waals surface area contributed by atoms with Crippen LogP contribution in [0.2, 0.25) is 0 Å². The van der Waals surface area contributed by atoms with E-state index in [9.17, 15) is 14.7 Å². The standard InChI is InChI=1S/C36H37NO4/c1-5-6-9-23-41-28-21-17-26(18-22-28)33(38)31-32(25-15-19-27(20-16-25)36(2,3)4)37(35(40)34(31)39)30-14-10-12-24-11-7-8-13-29(24)30/h7-8,10-22,32,38H,5-6,9,23H2,1-4H3/b33-31+. The number of carbonyl (C=O) groups is 2. The quantitative estimate of drug-likeness (QED) is 0.104. The minimum atomic E-state index is -0.792. The Morgan fingerprint density at radius 2 is 1.54 bits per heavy atom. The first-order valence-electron chi connectivity index (χ1n) is 14.3. The number of rotatable bonds is 8. The Balaban J connectivity index is 1.62. The van der Waals surface area contributed by atoms with Gasteiger partial charge < -0.3 is 9.84 Å². The largest absolute Gasteiger partial charge is 0.507 e. The molecule has 0 saturated carbocycles. The molecule has 1 unspecified atom stereocenters. The molecular weight excluding hydrogens is 510 g/mol. The van der Waals surface area contributed by atoms with Crippen molar-refractivity contribution in [2.24, 2.45) is 0 Å². The number of aliphatic hydroxyl groups is 1. The third-order valence-electron chi connectivity index (χ3n) is 7.71. The lowest BCUT2D eigenvalue weighted by atomic mass is 9.85. The van der Waals surface area contributed by atoms with Crippen molar-refractivity contribution in [3.63, 3.8) is 0 Å². The Morgan fingerprint density at radius 3 is 2.22 bits per heavy atom. The number of hydrogen-bond donors (Lipinski definition) is 1. The molecule has 41 heavy (non-hydrogen) atoms. The minimum absolute atomic E-state index is 0.0592. The van der Waals surface area contributed by atoms with Gasteiger partial charge in [0.05, 0.1) is 23.9 Å². The van der Waals surface area contributed by atoms with Gasteiger partial charge in [0, 0.05) is 10.9 Å². The van der Waals surface area contributed by atoms with Crippen molar-refractivity contribution in [2.45, 2.75) is 58.4 Å². The summed E-state index contributed by atoms with van der Waals surface area (Å²) < 4.78 is 5.82. The zero-order chi connectivity index (χ0) is 29.1. The van der Waals surface area contributed by atoms with Crippen molar-refractivity contribution in [3.05, 3.63) is 113 Å². The molecule has 1 saturated heterocycles. The summed E-state index contributed by atoms with van der Waals surface area (Å²) >= 11 is 0. The van der Waals surface area contributed by atoms with E-state index in [4.69, 9.17) is 4.74 Å². The second-order valence-electron chi connectivity index (χ2n) is 11.6. The van der Waals surface area contributed by atoms with Gasteiger partial charge in [0.1, 0.15) is 11.5 Å². The molecule has 4 aromatic carbocycles. The van der Waals surface area contributed by atoms with Crippen LogP contribution in [0.1, 0.15) is 69.7 Å². The highest BCUT2D eigenvalue weighted by molar-refractivity contribution is 6.52. The van der Waals surface area contributed by atoms with Crippen molar-refractivity contribution in [2.75, 3.05) is 11.5 Å². The molecule has 1 N–H and O–H groups in total. The van der Waals surface area contributed by atoms with Crippen LogP contribution in [0.15, 0.2) is 96.6 Å². The maximum Gasteiger partial charge on any atom is 0.300 e. The van der Waals surface area contributed by atoms with Crippen LogP contribution >= 0.6 is 0 Å². The fraction of sp³-hybridized carbons (Fsp3) is 0.278. The highest BCUT2D eigenvalue weighted by atomic mass is 16.5. The summed E-state index contributed by atoms with van der Waals surface area (Å²) in [6.07, 6.45) is 3.20. The number of ether oxygens (including phenoxy) is 1. The Hall–Kier alpha value is -4.38. The lowest BCUT2D eigenvalue weighted by Crippen LogP contribution is -2.29. The normalized spacial score (nSPS) is 16.9. The summed E-state index contributed by atoms with van der Waals surface area (Å²) in [6, 6.07) is 27.7. The Bertz CT molecular complexity index is 1590. The molecule has 5 heteroatoms. The van der Waals surface area contributed by atoms with Gasteiger partial charge in [-0.25, -0.2) is 0 Å². The summed E-state index contributed by atoms with van der Waals surface area (Å²) in [6.45, 7) is 9.19. The Labute approximate surface area is 242 Å². The second kappa shape index (κ2) is 11.6. The van der Waals surface area contributed by atoms with E-state index < -0.39 is 17.7 Å². The second-order valence-corrected chi connectivity index (χ2v) is 11.6. The van der Waals surface area contributed by atoms with Crippen molar-refractivity contribution >= 4 is 33.9 Å². The number of amides is 1. The van der Waals surface area contributed by atoms with Crippen molar-refractivity contribution in [1.29, 1.82) is 0 Å². The van der Waals surface area contributed by atoms with E-state index in [1.807, 2.05) is 66.7 Å². The zero-order valence-electron chi connectivity index (χ0n) is 24.2. The number of benzene rings is 4. The van der Waals surface area contributed by atoms with Crippen molar-refractivity contribution in [3.8, 4) is 5.75 Å². The summed E-state index contributed by atoms with van der Waals surface area (Å²) in [5.41, 5.74) is 2.99. The van der Waals surface area contributed by atoms with Gasteiger partial charge in [-0.2, -0.15) is 0 Å². The maximum atomic E-state index is 13.7. The topological polar surface area (TPSA) is 66.8 Å². The van der Waals surface area contributed by atoms with E-state index in [1.165, 1.54) is 4.90 Å². The van der Waals surface area contributed by atoms with Gasteiger partial charge in [-0.05, 0) is 58.7 Å². The number of Topliss-reactive ketones (excluding diaryl/α,β-unsaturated/α-hetero) is 1. The van der Waals surface area contributed by atoms with E-state index in [-0.39, 0.29) is 16.7 Å². The van der Waals surface area contributed by atoms with Crippen molar-refractivity contribution < 1.29 is 19.4 Å². The lowest BCUT2D eigenvalue weighted by Gasteiger charge is -2.27. The maximum absolute atomic E-state index is 13.7. The first-order valence-corrected chi connectivity index (χ1v) is 14.3. The van der Waals surface area contributed by atoms with E-state index in [1.54, 1.807) is 24.3 Å². The van der Waals surface area contributed by atoms with Gasteiger partial charge in [0.2, 0.25) is 0 Å². The van der Waals surface area contributed by atoms with Crippen LogP contribution in [-0.4, -0.2) is 23.4 Å². The Kier molecular flexibility index (Phi) is 7.98. The van der Waals surface area contributed by atoms with E-state index in [0.717, 1.165) is 41.2 Å². The molecule has 1 fully saturated rings. The van der Waals surface area contributed by atoms with Crippen LogP contribution in [0.25, 0.3) is 16.5 Å². The molecule has 5 nitrogen and oxygen atoms in total. The predicted octanol–water partition coefficient (Wildman–Crippen LogP) is 8.33. The lowest BCUT2D eigenvalue weighted by molar-refractivity contribution is -0.132. The van der Waals surface area contributed by atoms with Gasteiger partial charge in [0.25, 0.3) is 11.7 Å². The third kappa shape index (κ3) is 5.62. The number of carbonyl (C=O) groups excluding carboxylic acids is 2. The van der Waals surface area contributed by atoms with Gasteiger partial charge in [-0.1, -0.05) is 101 Å². The SMILES string of the molecule is CCCCCOc1ccc(/C(O)=C2\C(=O)C(=O)N(c3cccc4ccccc34)C2c2ccc(C(C)(C)C)cc2)cc1. The highest BCUT2D eigenvalue weighted by Crippen LogP contribution is 2.44. The van der Waals surface area contributed by atoms with Gasteiger partial charge in [0.15, 0.2) is 0 Å². The smallest absolute Gasteiger partial charge is 0.300 e. The molecule has 0 aromatic heterocycles. The number of nitrogens with zero attached hydrogens (tertiary/aromatic N) is 1. The predicted molar refractivity (Wildman–Crippen MR) is 165 cm³/mol. The Morgan fingerprint density at radius 1 is 0.854 bits per heavy atom. The van der Waals surface area contributed by atoms with Crippen LogP contribution in [0.5, 0.6) is 5.75 Å². The molecule has 0 bridgehead atoms. The van der Waals surface area contributed by atoms with E-state index in [2.05, 4.69) is 27.7 Å². The fourth-order valence-corrected chi connectivity index (χ4v) is 5.39. The first kappa shape index (κ1) is 28.2. The van der Waals surface area contributed by atoms with Gasteiger partial charge in [-0.15, -0.1) is 0 Å². The molecule has 0 radical (unpaired) electrons. The number of unbranched alkanes of at least 4 members (excludes halogenated alkanes) is 2. The molecule has 1 atom stereocenters. The number of anilines is 1.